The number of thiazole rings is 1. The molecule has 134 valence electrons. The molecule has 0 radical (unpaired) electrons. The number of halogens is 3. The number of para-hydroxylation sites is 1. The first-order chi connectivity index (χ1) is 12.4. The summed E-state index contributed by atoms with van der Waals surface area (Å²) in [5, 5.41) is 2.40. The molecule has 2 aromatic carbocycles. The molecule has 1 amide bonds. The van der Waals surface area contributed by atoms with Gasteiger partial charge in [-0.2, -0.15) is 13.2 Å². The van der Waals surface area contributed by atoms with Crippen molar-refractivity contribution in [3.63, 3.8) is 0 Å². The number of nitrogens with one attached hydrogen (secondary N) is 1. The molecule has 0 spiro atoms. The number of rotatable bonds is 4. The summed E-state index contributed by atoms with van der Waals surface area (Å²) >= 11 is 0.958. The fourth-order valence-electron chi connectivity index (χ4n) is 2.31. The summed E-state index contributed by atoms with van der Waals surface area (Å²) in [5.74, 6) is -1.50. The number of benzene rings is 2. The van der Waals surface area contributed by atoms with Crippen LogP contribution in [-0.4, -0.2) is 24.2 Å². The zero-order valence-electron chi connectivity index (χ0n) is 13.5. The minimum Gasteiger partial charge on any atom is -0.496 e. The smallest absolute Gasteiger partial charge is 0.471 e. The second-order valence-corrected chi connectivity index (χ2v) is 6.21. The Kier molecular flexibility index (Phi) is 4.94. The highest BCUT2D eigenvalue weighted by atomic mass is 32.1. The van der Waals surface area contributed by atoms with Crippen LogP contribution in [0.4, 0.5) is 18.2 Å². The minimum absolute atomic E-state index is 0.0273. The molecule has 0 bridgehead atoms. The van der Waals surface area contributed by atoms with Crippen LogP contribution in [0.25, 0.3) is 21.8 Å². The van der Waals surface area contributed by atoms with Crippen molar-refractivity contribution in [3.8, 4) is 27.6 Å². The highest BCUT2D eigenvalue weighted by Crippen LogP contribution is 2.41. The molecule has 0 unspecified atom stereocenters. The Morgan fingerprint density at radius 2 is 1.73 bits per heavy atom. The zero-order chi connectivity index (χ0) is 18.7. The van der Waals surface area contributed by atoms with Crippen molar-refractivity contribution in [2.75, 3.05) is 12.4 Å². The number of carbonyl (C=O) groups is 1. The fourth-order valence-corrected chi connectivity index (χ4v) is 3.32. The number of amides is 1. The highest BCUT2D eigenvalue weighted by Gasteiger charge is 2.39. The number of aromatic nitrogens is 1. The predicted molar refractivity (Wildman–Crippen MR) is 94.2 cm³/mol. The van der Waals surface area contributed by atoms with E-state index in [-0.39, 0.29) is 10.7 Å². The number of alkyl halides is 3. The van der Waals surface area contributed by atoms with E-state index < -0.39 is 12.1 Å². The monoisotopic (exact) mass is 378 g/mol. The number of hydrogen-bond donors (Lipinski definition) is 1. The Morgan fingerprint density at radius 3 is 2.38 bits per heavy atom. The van der Waals surface area contributed by atoms with Gasteiger partial charge in [0, 0.05) is 5.56 Å². The van der Waals surface area contributed by atoms with Gasteiger partial charge < -0.3 is 10.1 Å². The summed E-state index contributed by atoms with van der Waals surface area (Å²) in [4.78, 5) is 15.9. The highest BCUT2D eigenvalue weighted by molar-refractivity contribution is 7.19. The van der Waals surface area contributed by atoms with Gasteiger partial charge >= 0.3 is 12.1 Å². The molecule has 3 rings (SSSR count). The first-order valence-electron chi connectivity index (χ1n) is 7.48. The van der Waals surface area contributed by atoms with E-state index in [0.717, 1.165) is 11.3 Å². The molecule has 8 heteroatoms. The van der Waals surface area contributed by atoms with Crippen molar-refractivity contribution in [2.45, 2.75) is 6.18 Å². The van der Waals surface area contributed by atoms with Crippen LogP contribution >= 0.6 is 11.3 Å². The zero-order valence-corrected chi connectivity index (χ0v) is 14.3. The van der Waals surface area contributed by atoms with E-state index in [4.69, 9.17) is 4.74 Å². The van der Waals surface area contributed by atoms with E-state index in [1.54, 1.807) is 54.6 Å². The van der Waals surface area contributed by atoms with E-state index in [0.29, 0.717) is 21.9 Å². The molecule has 0 aliphatic carbocycles. The van der Waals surface area contributed by atoms with Gasteiger partial charge in [0.15, 0.2) is 0 Å². The number of carbonyl (C=O) groups excluding carboxylic acids is 1. The fraction of sp³-hybridized carbons (Fsp3) is 0.111. The van der Waals surface area contributed by atoms with E-state index in [1.807, 2.05) is 5.32 Å². The Hall–Kier alpha value is -2.87. The van der Waals surface area contributed by atoms with Gasteiger partial charge in [-0.3, -0.25) is 4.79 Å². The van der Waals surface area contributed by atoms with E-state index in [1.165, 1.54) is 7.11 Å². The van der Waals surface area contributed by atoms with Crippen molar-refractivity contribution in [1.29, 1.82) is 0 Å². The number of methoxy groups -OCH3 is 1. The third kappa shape index (κ3) is 3.70. The maximum Gasteiger partial charge on any atom is 0.471 e. The summed E-state index contributed by atoms with van der Waals surface area (Å²) < 4.78 is 43.3. The molecular weight excluding hydrogens is 365 g/mol. The van der Waals surface area contributed by atoms with Crippen molar-refractivity contribution in [1.82, 2.24) is 4.98 Å². The number of nitrogens with zero attached hydrogens (tertiary/aromatic N) is 1. The number of ether oxygens (including phenoxy) is 1. The lowest BCUT2D eigenvalue weighted by atomic mass is 10.1. The standard InChI is InChI=1S/C18H13F3N2O2S/c1-25-13-10-6-5-9-12(13)15-22-14(11-7-3-2-4-8-11)16(26-15)23-17(24)18(19,20)21/h2-10H,1H3,(H,23,24). The number of anilines is 1. The Labute approximate surface area is 151 Å². The molecule has 0 saturated carbocycles. The van der Waals surface area contributed by atoms with Gasteiger partial charge in [0.25, 0.3) is 0 Å². The van der Waals surface area contributed by atoms with Crippen LogP contribution in [0.15, 0.2) is 54.6 Å². The second kappa shape index (κ2) is 7.17. The summed E-state index contributed by atoms with van der Waals surface area (Å²) in [6.45, 7) is 0. The molecule has 3 aromatic rings. The number of hydrogen-bond acceptors (Lipinski definition) is 4. The van der Waals surface area contributed by atoms with Crippen LogP contribution in [0.3, 0.4) is 0 Å². The van der Waals surface area contributed by atoms with E-state index in [9.17, 15) is 18.0 Å². The lowest BCUT2D eigenvalue weighted by Gasteiger charge is -2.07. The first kappa shape index (κ1) is 17.9. The predicted octanol–water partition coefficient (Wildman–Crippen LogP) is 4.99. The third-order valence-electron chi connectivity index (χ3n) is 3.50. The van der Waals surface area contributed by atoms with Crippen LogP contribution < -0.4 is 10.1 Å². The molecule has 0 saturated heterocycles. The first-order valence-corrected chi connectivity index (χ1v) is 8.29. The second-order valence-electron chi connectivity index (χ2n) is 5.21. The Morgan fingerprint density at radius 1 is 1.08 bits per heavy atom. The van der Waals surface area contributed by atoms with Crippen LogP contribution in [0, 0.1) is 0 Å². The Bertz CT molecular complexity index is 924. The maximum absolute atomic E-state index is 12.7. The van der Waals surface area contributed by atoms with Crippen molar-refractivity contribution >= 4 is 22.2 Å². The Balaban J connectivity index is 2.10. The van der Waals surface area contributed by atoms with Gasteiger partial charge in [-0.15, -0.1) is 0 Å². The SMILES string of the molecule is COc1ccccc1-c1nc(-c2ccccc2)c(NC(=O)C(F)(F)F)s1. The lowest BCUT2D eigenvalue weighted by molar-refractivity contribution is -0.167. The molecular formula is C18H13F3N2O2S. The summed E-state index contributed by atoms with van der Waals surface area (Å²) in [5.41, 5.74) is 1.50. The molecule has 0 atom stereocenters. The molecule has 4 nitrogen and oxygen atoms in total. The lowest BCUT2D eigenvalue weighted by Crippen LogP contribution is -2.29. The van der Waals surface area contributed by atoms with Gasteiger partial charge in [0.05, 0.1) is 12.7 Å². The molecule has 0 aliphatic heterocycles. The topological polar surface area (TPSA) is 51.2 Å². The normalized spacial score (nSPS) is 11.2. The van der Waals surface area contributed by atoms with Crippen LogP contribution in [0.2, 0.25) is 0 Å². The molecule has 0 aliphatic rings. The van der Waals surface area contributed by atoms with Crippen LogP contribution in [0.5, 0.6) is 5.75 Å². The molecule has 1 heterocycles. The van der Waals surface area contributed by atoms with Gasteiger partial charge in [0.1, 0.15) is 21.5 Å². The summed E-state index contributed by atoms with van der Waals surface area (Å²) in [6, 6.07) is 15.7. The summed E-state index contributed by atoms with van der Waals surface area (Å²) in [6.07, 6.45) is -4.98. The van der Waals surface area contributed by atoms with Gasteiger partial charge in [-0.1, -0.05) is 53.8 Å². The molecule has 0 fully saturated rings. The third-order valence-corrected chi connectivity index (χ3v) is 4.50. The van der Waals surface area contributed by atoms with Crippen LogP contribution in [0.1, 0.15) is 0 Å². The van der Waals surface area contributed by atoms with Gasteiger partial charge in [-0.05, 0) is 12.1 Å². The average Bonchev–Trinajstić information content (AvgIpc) is 3.05. The molecule has 26 heavy (non-hydrogen) atoms. The quantitative estimate of drug-likeness (QED) is 0.696. The van der Waals surface area contributed by atoms with E-state index in [2.05, 4.69) is 4.98 Å². The average molecular weight is 378 g/mol. The summed E-state index contributed by atoms with van der Waals surface area (Å²) in [7, 11) is 1.50. The van der Waals surface area contributed by atoms with Gasteiger partial charge in [0.2, 0.25) is 0 Å². The van der Waals surface area contributed by atoms with Crippen molar-refractivity contribution in [2.24, 2.45) is 0 Å². The van der Waals surface area contributed by atoms with Crippen molar-refractivity contribution in [3.05, 3.63) is 54.6 Å². The maximum atomic E-state index is 12.7. The minimum atomic E-state index is -4.98. The van der Waals surface area contributed by atoms with Crippen molar-refractivity contribution < 1.29 is 22.7 Å². The largest absolute Gasteiger partial charge is 0.496 e. The molecule has 1 aromatic heterocycles. The van der Waals surface area contributed by atoms with Crippen LogP contribution in [-0.2, 0) is 4.79 Å². The van der Waals surface area contributed by atoms with E-state index >= 15 is 0 Å². The van der Waals surface area contributed by atoms with Gasteiger partial charge in [-0.25, -0.2) is 4.98 Å². The molecule has 1 N–H and O–H groups in total.